The average Bonchev–Trinajstić information content (AvgIpc) is 2.61. The van der Waals surface area contributed by atoms with E-state index in [1.807, 2.05) is 0 Å². The van der Waals surface area contributed by atoms with Crippen LogP contribution in [0.5, 0.6) is 0 Å². The first-order valence-electron chi connectivity index (χ1n) is 8.38. The lowest BCUT2D eigenvalue weighted by molar-refractivity contribution is 1.70. The van der Waals surface area contributed by atoms with Crippen LogP contribution in [0.25, 0.3) is 0 Å². The zero-order chi connectivity index (χ0) is 17.0. The van der Waals surface area contributed by atoms with Gasteiger partial charge in [0.2, 0.25) is 0 Å². The molecule has 0 amide bonds. The van der Waals surface area contributed by atoms with Gasteiger partial charge in [-0.3, -0.25) is 0 Å². The fraction of sp³-hybridized carbons (Fsp3) is 0.182. The highest BCUT2D eigenvalue weighted by molar-refractivity contribution is 8.03. The number of hydrogen-bond donors (Lipinski definition) is 0. The minimum atomic E-state index is -1.63. The van der Waals surface area contributed by atoms with Crippen LogP contribution in [0.2, 0.25) is 0 Å². The summed E-state index contributed by atoms with van der Waals surface area (Å²) in [5, 5.41) is 4.49. The Morgan fingerprint density at radius 1 is 0.500 bits per heavy atom. The van der Waals surface area contributed by atoms with Gasteiger partial charge in [-0.1, -0.05) is 54.6 Å². The maximum atomic E-state index is 2.47. The van der Waals surface area contributed by atoms with Crippen LogP contribution < -0.4 is 15.9 Å². The van der Waals surface area contributed by atoms with Crippen LogP contribution in [-0.4, -0.2) is 25.9 Å². The van der Waals surface area contributed by atoms with Crippen molar-refractivity contribution in [2.75, 3.05) is 25.9 Å². The second-order valence-corrected chi connectivity index (χ2v) is 16.1. The zero-order valence-corrected chi connectivity index (χ0v) is 16.6. The molecule has 0 unspecified atom stereocenters. The molecule has 0 N–H and O–H groups in total. The van der Waals surface area contributed by atoms with Crippen molar-refractivity contribution >= 4 is 30.4 Å². The normalized spacial score (nSPS) is 12.1. The second kappa shape index (κ2) is 7.18. The monoisotopic (exact) mass is 352 g/mol. The van der Waals surface area contributed by atoms with E-state index in [-0.39, 0.29) is 0 Å². The van der Waals surface area contributed by atoms with Crippen LogP contribution >= 0.6 is 14.5 Å². The molecule has 0 fully saturated rings. The predicted octanol–water partition coefficient (Wildman–Crippen LogP) is 4.85. The molecule has 0 bridgehead atoms. The lowest BCUT2D eigenvalue weighted by atomic mass is 10.4. The molecule has 0 heterocycles. The summed E-state index contributed by atoms with van der Waals surface area (Å²) in [5.74, 6) is 1.28. The van der Waals surface area contributed by atoms with Crippen LogP contribution in [0, 0.1) is 0 Å². The molecule has 0 atom stereocenters. The van der Waals surface area contributed by atoms with Gasteiger partial charge in [-0.05, 0) is 36.4 Å². The molecule has 3 rings (SSSR count). The Hall–Kier alpha value is -1.48. The fourth-order valence-electron chi connectivity index (χ4n) is 3.38. The number of rotatable bonds is 5. The maximum absolute atomic E-state index is 2.47. The highest BCUT2D eigenvalue weighted by Crippen LogP contribution is 2.67. The Bertz CT molecular complexity index is 663. The molecule has 122 valence electrons. The molecule has 2 heteroatoms. The van der Waals surface area contributed by atoms with Crippen molar-refractivity contribution in [1.82, 2.24) is 0 Å². The second-order valence-electron chi connectivity index (χ2n) is 7.25. The topological polar surface area (TPSA) is 0 Å². The van der Waals surface area contributed by atoms with Gasteiger partial charge in [0.15, 0.2) is 5.90 Å². The Labute approximate surface area is 147 Å². The molecule has 0 nitrogen and oxygen atoms in total. The van der Waals surface area contributed by atoms with Crippen LogP contribution in [0.1, 0.15) is 0 Å². The van der Waals surface area contributed by atoms with Crippen LogP contribution in [0.15, 0.2) is 91.0 Å². The number of benzene rings is 3. The van der Waals surface area contributed by atoms with Crippen LogP contribution in [-0.2, 0) is 0 Å². The Kier molecular flexibility index (Phi) is 5.19. The van der Waals surface area contributed by atoms with Gasteiger partial charge in [0.05, 0.1) is 20.0 Å². The Morgan fingerprint density at radius 2 is 0.792 bits per heavy atom. The summed E-state index contributed by atoms with van der Waals surface area (Å²) in [7, 11) is -2.61. The third-order valence-electron chi connectivity index (χ3n) is 4.23. The summed E-state index contributed by atoms with van der Waals surface area (Å²) in [6.45, 7) is 7.41. The molecule has 24 heavy (non-hydrogen) atoms. The van der Waals surface area contributed by atoms with E-state index >= 15 is 0 Å². The summed E-state index contributed by atoms with van der Waals surface area (Å²) in [6, 6.07) is 33.5. The Balaban J connectivity index is 2.33. The van der Waals surface area contributed by atoms with E-state index in [2.05, 4.69) is 111 Å². The smallest absolute Gasteiger partial charge is 0.0620 e. The van der Waals surface area contributed by atoms with E-state index in [4.69, 9.17) is 0 Å². The molecule has 0 aromatic heterocycles. The summed E-state index contributed by atoms with van der Waals surface area (Å²) >= 11 is 0. The SMILES string of the molecule is C[P+](C)(C)C[P+](c1ccccc1)(c1ccccc1)c1ccccc1. The minimum absolute atomic E-state index is 0.984. The van der Waals surface area contributed by atoms with Gasteiger partial charge in [-0.2, -0.15) is 0 Å². The molecule has 0 radical (unpaired) electrons. The largest absolute Gasteiger partial charge is 0.173 e. The summed E-state index contributed by atoms with van der Waals surface area (Å²) in [4.78, 5) is 0. The first kappa shape index (κ1) is 17.3. The molecule has 3 aromatic rings. The molecule has 0 saturated heterocycles. The van der Waals surface area contributed by atoms with Crippen molar-refractivity contribution in [1.29, 1.82) is 0 Å². The average molecular weight is 352 g/mol. The molecule has 0 aliphatic carbocycles. The lowest BCUT2D eigenvalue weighted by Crippen LogP contribution is -2.33. The maximum Gasteiger partial charge on any atom is 0.173 e. The molecular formula is C22H26P2+2. The van der Waals surface area contributed by atoms with Gasteiger partial charge in [0, 0.05) is 7.26 Å². The highest BCUT2D eigenvalue weighted by Gasteiger charge is 2.51. The van der Waals surface area contributed by atoms with Crippen molar-refractivity contribution in [3.8, 4) is 0 Å². The van der Waals surface area contributed by atoms with E-state index in [9.17, 15) is 0 Å². The molecule has 0 aliphatic heterocycles. The molecule has 0 spiro atoms. The van der Waals surface area contributed by atoms with Crippen molar-refractivity contribution in [3.63, 3.8) is 0 Å². The predicted molar refractivity (Wildman–Crippen MR) is 115 cm³/mol. The van der Waals surface area contributed by atoms with Gasteiger partial charge in [-0.15, -0.1) is 0 Å². The third-order valence-corrected chi connectivity index (χ3v) is 12.9. The first-order chi connectivity index (χ1) is 11.5. The Morgan fingerprint density at radius 3 is 1.04 bits per heavy atom. The minimum Gasteiger partial charge on any atom is -0.0620 e. The van der Waals surface area contributed by atoms with Gasteiger partial charge >= 0.3 is 0 Å². The van der Waals surface area contributed by atoms with Gasteiger partial charge in [-0.25, -0.2) is 0 Å². The van der Waals surface area contributed by atoms with E-state index in [0.717, 1.165) is 0 Å². The summed E-state index contributed by atoms with van der Waals surface area (Å²) < 4.78 is 0. The van der Waals surface area contributed by atoms with Gasteiger partial charge in [0.25, 0.3) is 0 Å². The van der Waals surface area contributed by atoms with Crippen molar-refractivity contribution < 1.29 is 0 Å². The van der Waals surface area contributed by atoms with Crippen LogP contribution in [0.3, 0.4) is 0 Å². The lowest BCUT2D eigenvalue weighted by Gasteiger charge is -2.29. The standard InChI is InChI=1S/C22H26P2/c1-23(2,3)19-24(20-13-7-4-8-14-20,21-15-9-5-10-16-21)22-17-11-6-12-18-22/h4-18H,19H2,1-3H3/q+2. The molecular weight excluding hydrogens is 326 g/mol. The van der Waals surface area contributed by atoms with Crippen molar-refractivity contribution in [2.45, 2.75) is 0 Å². The third kappa shape index (κ3) is 3.61. The van der Waals surface area contributed by atoms with E-state index in [1.54, 1.807) is 0 Å². The molecule has 0 saturated carbocycles. The summed E-state index contributed by atoms with van der Waals surface area (Å²) in [6.07, 6.45) is 0. The van der Waals surface area contributed by atoms with Crippen molar-refractivity contribution in [2.24, 2.45) is 0 Å². The highest BCUT2D eigenvalue weighted by atomic mass is 31.2. The fourth-order valence-corrected chi connectivity index (χ4v) is 13.4. The van der Waals surface area contributed by atoms with E-state index < -0.39 is 14.5 Å². The quantitative estimate of drug-likeness (QED) is 0.576. The van der Waals surface area contributed by atoms with E-state index in [1.165, 1.54) is 21.8 Å². The first-order valence-corrected chi connectivity index (χ1v) is 13.7. The van der Waals surface area contributed by atoms with Crippen molar-refractivity contribution in [3.05, 3.63) is 91.0 Å². The van der Waals surface area contributed by atoms with Gasteiger partial charge < -0.3 is 0 Å². The van der Waals surface area contributed by atoms with E-state index in [0.29, 0.717) is 0 Å². The molecule has 3 aromatic carbocycles. The zero-order valence-electron chi connectivity index (χ0n) is 14.8. The molecule has 0 aliphatic rings. The van der Waals surface area contributed by atoms with Gasteiger partial charge in [0.1, 0.15) is 23.2 Å². The number of hydrogen-bond acceptors (Lipinski definition) is 0. The summed E-state index contributed by atoms with van der Waals surface area (Å²) in [5.41, 5.74) is 0. The van der Waals surface area contributed by atoms with Crippen LogP contribution in [0.4, 0.5) is 0 Å².